The summed E-state index contributed by atoms with van der Waals surface area (Å²) in [5.41, 5.74) is 2.90. The second-order valence-corrected chi connectivity index (χ2v) is 4.35. The zero-order valence-corrected chi connectivity index (χ0v) is 9.12. The fraction of sp³-hybridized carbons (Fsp3) is 1.00. The number of rotatable bonds is 3. The number of likely N-dealkylation sites (N-methyl/N-ethyl adjacent to an activating group) is 1. The Kier molecular flexibility index (Phi) is 3.67. The Morgan fingerprint density at radius 3 is 2.31 bits per heavy atom. The maximum absolute atomic E-state index is 5.52. The van der Waals surface area contributed by atoms with Crippen LogP contribution in [0.5, 0.6) is 0 Å². The van der Waals surface area contributed by atoms with Gasteiger partial charge in [0.2, 0.25) is 0 Å². The van der Waals surface area contributed by atoms with Crippen LogP contribution in [0.1, 0.15) is 13.8 Å². The molecule has 1 aliphatic heterocycles. The Bertz CT molecular complexity index is 158. The molecule has 0 aromatic heterocycles. The van der Waals surface area contributed by atoms with E-state index in [-0.39, 0.29) is 0 Å². The van der Waals surface area contributed by atoms with Crippen molar-refractivity contribution in [3.8, 4) is 0 Å². The summed E-state index contributed by atoms with van der Waals surface area (Å²) in [6, 6.07) is 1.55. The van der Waals surface area contributed by atoms with Crippen molar-refractivity contribution in [1.82, 2.24) is 15.2 Å². The van der Waals surface area contributed by atoms with Crippen molar-refractivity contribution in [2.24, 2.45) is 5.84 Å². The van der Waals surface area contributed by atoms with Crippen LogP contribution in [0.15, 0.2) is 0 Å². The molecule has 78 valence electrons. The van der Waals surface area contributed by atoms with Crippen LogP contribution in [0.3, 0.4) is 0 Å². The van der Waals surface area contributed by atoms with Crippen molar-refractivity contribution in [2.75, 3.05) is 27.2 Å². The lowest BCUT2D eigenvalue weighted by molar-refractivity contribution is 0.234. The molecular weight excluding hydrogens is 164 g/mol. The Morgan fingerprint density at radius 1 is 1.38 bits per heavy atom. The van der Waals surface area contributed by atoms with Gasteiger partial charge in [-0.25, -0.2) is 0 Å². The van der Waals surface area contributed by atoms with E-state index in [1.807, 2.05) is 0 Å². The SMILES string of the molecule is CC(C)N1C[C@@H](NN)[C@@H](N(C)C)C1. The molecule has 1 saturated heterocycles. The third-order valence-electron chi connectivity index (χ3n) is 2.92. The molecule has 4 nitrogen and oxygen atoms in total. The minimum absolute atomic E-state index is 0.400. The van der Waals surface area contributed by atoms with E-state index in [4.69, 9.17) is 5.84 Å². The van der Waals surface area contributed by atoms with Gasteiger partial charge in [-0.3, -0.25) is 16.2 Å². The summed E-state index contributed by atoms with van der Waals surface area (Å²) in [5, 5.41) is 0. The topological polar surface area (TPSA) is 44.5 Å². The van der Waals surface area contributed by atoms with Gasteiger partial charge in [-0.1, -0.05) is 0 Å². The second-order valence-electron chi connectivity index (χ2n) is 4.35. The van der Waals surface area contributed by atoms with Crippen LogP contribution in [-0.2, 0) is 0 Å². The van der Waals surface area contributed by atoms with E-state index in [0.29, 0.717) is 18.1 Å². The molecule has 0 aliphatic carbocycles. The zero-order chi connectivity index (χ0) is 10.0. The average molecular weight is 186 g/mol. The minimum Gasteiger partial charge on any atom is -0.304 e. The second kappa shape index (κ2) is 4.37. The van der Waals surface area contributed by atoms with Crippen molar-refractivity contribution in [1.29, 1.82) is 0 Å². The van der Waals surface area contributed by atoms with Crippen LogP contribution in [0, 0.1) is 0 Å². The van der Waals surface area contributed by atoms with E-state index in [1.54, 1.807) is 0 Å². The lowest BCUT2D eigenvalue weighted by atomic mass is 10.2. The molecular formula is C9H22N4. The summed E-state index contributed by atoms with van der Waals surface area (Å²) in [6.07, 6.45) is 0. The highest BCUT2D eigenvalue weighted by Crippen LogP contribution is 2.15. The first-order valence-corrected chi connectivity index (χ1v) is 4.93. The van der Waals surface area contributed by atoms with Gasteiger partial charge in [0, 0.05) is 25.2 Å². The van der Waals surface area contributed by atoms with E-state index in [2.05, 4.69) is 43.2 Å². The van der Waals surface area contributed by atoms with Crippen LogP contribution in [0.4, 0.5) is 0 Å². The van der Waals surface area contributed by atoms with E-state index in [9.17, 15) is 0 Å². The molecule has 1 aliphatic rings. The van der Waals surface area contributed by atoms with Crippen molar-refractivity contribution in [3.63, 3.8) is 0 Å². The first kappa shape index (κ1) is 10.9. The van der Waals surface area contributed by atoms with E-state index in [0.717, 1.165) is 13.1 Å². The highest BCUT2D eigenvalue weighted by Gasteiger charge is 2.34. The van der Waals surface area contributed by atoms with E-state index >= 15 is 0 Å². The number of nitrogens with two attached hydrogens (primary N) is 1. The molecule has 2 atom stereocenters. The first-order chi connectivity index (χ1) is 6.06. The van der Waals surface area contributed by atoms with Crippen LogP contribution in [0.2, 0.25) is 0 Å². The third-order valence-corrected chi connectivity index (χ3v) is 2.92. The number of nitrogens with zero attached hydrogens (tertiary/aromatic N) is 2. The van der Waals surface area contributed by atoms with Gasteiger partial charge in [-0.05, 0) is 27.9 Å². The summed E-state index contributed by atoms with van der Waals surface area (Å²) in [6.45, 7) is 6.62. The number of hydrogen-bond donors (Lipinski definition) is 2. The maximum Gasteiger partial charge on any atom is 0.0505 e. The van der Waals surface area contributed by atoms with Gasteiger partial charge in [0.05, 0.1) is 6.04 Å². The van der Waals surface area contributed by atoms with Crippen molar-refractivity contribution < 1.29 is 0 Å². The number of likely N-dealkylation sites (tertiary alicyclic amines) is 1. The predicted molar refractivity (Wildman–Crippen MR) is 55.3 cm³/mol. The molecule has 0 bridgehead atoms. The van der Waals surface area contributed by atoms with Gasteiger partial charge in [-0.15, -0.1) is 0 Å². The van der Waals surface area contributed by atoms with Crippen molar-refractivity contribution >= 4 is 0 Å². The summed E-state index contributed by atoms with van der Waals surface area (Å²) in [4.78, 5) is 4.70. The Morgan fingerprint density at radius 2 is 2.00 bits per heavy atom. The Labute approximate surface area is 81.0 Å². The predicted octanol–water partition coefficient (Wildman–Crippen LogP) is -0.527. The molecule has 3 N–H and O–H groups in total. The van der Waals surface area contributed by atoms with E-state index in [1.165, 1.54) is 0 Å². The Hall–Kier alpha value is -0.160. The number of nitrogens with one attached hydrogen (secondary N) is 1. The molecule has 0 unspecified atom stereocenters. The van der Waals surface area contributed by atoms with Gasteiger partial charge in [0.15, 0.2) is 0 Å². The standard InChI is InChI=1S/C9H22N4/c1-7(2)13-5-8(11-10)9(6-13)12(3)4/h7-9,11H,5-6,10H2,1-4H3/t8-,9+/m1/s1. The van der Waals surface area contributed by atoms with Gasteiger partial charge >= 0.3 is 0 Å². The molecule has 0 aromatic rings. The van der Waals surface area contributed by atoms with Crippen molar-refractivity contribution in [2.45, 2.75) is 32.0 Å². The lowest BCUT2D eigenvalue weighted by Crippen LogP contribution is -2.49. The zero-order valence-electron chi connectivity index (χ0n) is 9.12. The van der Waals surface area contributed by atoms with Gasteiger partial charge in [-0.2, -0.15) is 0 Å². The summed E-state index contributed by atoms with van der Waals surface area (Å²) >= 11 is 0. The normalized spacial score (nSPS) is 30.7. The molecule has 1 fully saturated rings. The summed E-state index contributed by atoms with van der Waals surface area (Å²) in [7, 11) is 4.22. The van der Waals surface area contributed by atoms with Crippen LogP contribution < -0.4 is 11.3 Å². The molecule has 0 spiro atoms. The Balaban J connectivity index is 2.56. The fourth-order valence-electron chi connectivity index (χ4n) is 1.92. The highest BCUT2D eigenvalue weighted by molar-refractivity contribution is 4.93. The van der Waals surface area contributed by atoms with Crippen molar-refractivity contribution in [3.05, 3.63) is 0 Å². The molecule has 1 heterocycles. The van der Waals surface area contributed by atoms with Crippen LogP contribution in [-0.4, -0.2) is 55.1 Å². The maximum atomic E-state index is 5.52. The molecule has 1 rings (SSSR count). The van der Waals surface area contributed by atoms with E-state index < -0.39 is 0 Å². The minimum atomic E-state index is 0.400. The molecule has 13 heavy (non-hydrogen) atoms. The number of hydrogen-bond acceptors (Lipinski definition) is 4. The largest absolute Gasteiger partial charge is 0.304 e. The fourth-order valence-corrected chi connectivity index (χ4v) is 1.92. The van der Waals surface area contributed by atoms with Crippen LogP contribution in [0.25, 0.3) is 0 Å². The summed E-state index contributed by atoms with van der Waals surface area (Å²) < 4.78 is 0. The van der Waals surface area contributed by atoms with Gasteiger partial charge in [0.25, 0.3) is 0 Å². The smallest absolute Gasteiger partial charge is 0.0505 e. The van der Waals surface area contributed by atoms with Gasteiger partial charge in [0.1, 0.15) is 0 Å². The highest BCUT2D eigenvalue weighted by atomic mass is 15.3. The average Bonchev–Trinajstić information content (AvgIpc) is 2.47. The quantitative estimate of drug-likeness (QED) is 0.459. The molecule has 0 amide bonds. The third kappa shape index (κ3) is 2.40. The molecule has 0 radical (unpaired) electrons. The first-order valence-electron chi connectivity index (χ1n) is 4.93. The lowest BCUT2D eigenvalue weighted by Gasteiger charge is -2.24. The van der Waals surface area contributed by atoms with Crippen LogP contribution >= 0.6 is 0 Å². The summed E-state index contributed by atoms with van der Waals surface area (Å²) in [5.74, 6) is 5.52. The number of hydrazine groups is 1. The molecule has 4 heteroatoms. The molecule has 0 saturated carbocycles. The van der Waals surface area contributed by atoms with Gasteiger partial charge < -0.3 is 4.90 Å². The monoisotopic (exact) mass is 186 g/mol. The molecule has 0 aromatic carbocycles.